The van der Waals surface area contributed by atoms with Gasteiger partial charge in [-0.25, -0.2) is 4.21 Å². The molecule has 0 fully saturated rings. The van der Waals surface area contributed by atoms with Crippen LogP contribution < -0.4 is 0 Å². The van der Waals surface area contributed by atoms with Crippen molar-refractivity contribution in [2.24, 2.45) is 0 Å². The van der Waals surface area contributed by atoms with Gasteiger partial charge in [0.05, 0.1) is 6.10 Å². The lowest BCUT2D eigenvalue weighted by atomic mass is 10.5. The van der Waals surface area contributed by atoms with Crippen molar-refractivity contribution in [1.82, 2.24) is 0 Å². The Bertz CT molecular complexity index is 134. The van der Waals surface area contributed by atoms with E-state index in [1.54, 1.807) is 0 Å². The first-order valence-electron chi connectivity index (χ1n) is 2.77. The molecule has 0 saturated carbocycles. The molecular formula is C5H10Cl2O3S. The summed E-state index contributed by atoms with van der Waals surface area (Å²) in [7, 11) is 7.36. The Morgan fingerprint density at radius 1 is 1.45 bits per heavy atom. The number of esters is 1. The van der Waals surface area contributed by atoms with Gasteiger partial charge in [-0.15, -0.1) is 0 Å². The van der Waals surface area contributed by atoms with Crippen molar-refractivity contribution in [2.45, 2.75) is 26.9 Å². The van der Waals surface area contributed by atoms with Crippen LogP contribution in [0.15, 0.2) is 0 Å². The zero-order chi connectivity index (χ0) is 9.44. The number of ether oxygens (including phenoxy) is 1. The molecule has 0 unspecified atom stereocenters. The number of hydrogen-bond acceptors (Lipinski definition) is 3. The maximum Gasteiger partial charge on any atom is 0.302 e. The van der Waals surface area contributed by atoms with Crippen molar-refractivity contribution in [3.63, 3.8) is 0 Å². The molecule has 0 radical (unpaired) electrons. The van der Waals surface area contributed by atoms with Gasteiger partial charge in [-0.05, 0) is 13.8 Å². The molecule has 0 rings (SSSR count). The summed E-state index contributed by atoms with van der Waals surface area (Å²) in [5.74, 6) is -0.213. The molecule has 0 aromatic carbocycles. The number of halogens is 2. The Balaban J connectivity index is 0. The summed E-state index contributed by atoms with van der Waals surface area (Å²) in [6, 6.07) is 0. The first kappa shape index (κ1) is 13.8. The molecule has 0 N–H and O–H groups in total. The number of carbonyl (C=O) groups excluding carboxylic acids is 1. The van der Waals surface area contributed by atoms with Crippen LogP contribution in [0, 0.1) is 0 Å². The van der Waals surface area contributed by atoms with Crippen LogP contribution in [-0.2, 0) is 18.8 Å². The molecule has 6 heteroatoms. The van der Waals surface area contributed by atoms with Crippen molar-refractivity contribution < 1.29 is 13.7 Å². The third-order valence-electron chi connectivity index (χ3n) is 0.402. The molecular weight excluding hydrogens is 211 g/mol. The molecule has 0 aliphatic rings. The molecule has 0 aromatic heterocycles. The van der Waals surface area contributed by atoms with Gasteiger partial charge in [-0.3, -0.25) is 4.79 Å². The minimum atomic E-state index is -1.67. The average molecular weight is 221 g/mol. The Kier molecular flexibility index (Phi) is 10.4. The van der Waals surface area contributed by atoms with Crippen LogP contribution in [-0.4, -0.2) is 16.3 Å². The standard InChI is InChI=1S/C5H10O2.Cl2OS/c1-4(2)7-5(3)6;1-4(2)3/h4H,1-3H3;. The fourth-order valence-electron chi connectivity index (χ4n) is 0.332. The van der Waals surface area contributed by atoms with Crippen LogP contribution in [0.25, 0.3) is 0 Å². The quantitative estimate of drug-likeness (QED) is 0.502. The van der Waals surface area contributed by atoms with E-state index in [1.807, 2.05) is 13.8 Å². The van der Waals surface area contributed by atoms with Crippen LogP contribution >= 0.6 is 21.4 Å². The molecule has 0 aliphatic heterocycles. The van der Waals surface area contributed by atoms with E-state index in [9.17, 15) is 4.79 Å². The SMILES string of the molecule is CC(=O)OC(C)C.O=S(Cl)Cl. The lowest BCUT2D eigenvalue weighted by Crippen LogP contribution is -2.06. The molecule has 0 heterocycles. The minimum absolute atomic E-state index is 0.0255. The Morgan fingerprint density at radius 2 is 1.73 bits per heavy atom. The fourth-order valence-corrected chi connectivity index (χ4v) is 0.332. The second kappa shape index (κ2) is 8.30. The fraction of sp³-hybridized carbons (Fsp3) is 0.800. The highest BCUT2D eigenvalue weighted by atomic mass is 36.0. The highest BCUT2D eigenvalue weighted by Gasteiger charge is 1.93. The maximum absolute atomic E-state index is 10.0. The van der Waals surface area contributed by atoms with Gasteiger partial charge in [0.1, 0.15) is 0 Å². The van der Waals surface area contributed by atoms with Gasteiger partial charge in [-0.2, -0.15) is 0 Å². The highest BCUT2D eigenvalue weighted by Crippen LogP contribution is 1.89. The van der Waals surface area contributed by atoms with Crippen LogP contribution in [0.2, 0.25) is 0 Å². The Morgan fingerprint density at radius 3 is 1.73 bits per heavy atom. The molecule has 0 amide bonds. The van der Waals surface area contributed by atoms with Gasteiger partial charge in [0.15, 0.2) is 0 Å². The van der Waals surface area contributed by atoms with Gasteiger partial charge in [0.2, 0.25) is 9.23 Å². The Hall–Kier alpha value is 0.200. The predicted octanol–water partition coefficient (Wildman–Crippen LogP) is 2.00. The van der Waals surface area contributed by atoms with Crippen LogP contribution in [0.1, 0.15) is 20.8 Å². The van der Waals surface area contributed by atoms with E-state index in [2.05, 4.69) is 26.1 Å². The predicted molar refractivity (Wildman–Crippen MR) is 46.8 cm³/mol. The zero-order valence-electron chi connectivity index (χ0n) is 6.47. The largest absolute Gasteiger partial charge is 0.463 e. The molecule has 0 aromatic rings. The second-order valence-corrected chi connectivity index (χ2v) is 4.37. The van der Waals surface area contributed by atoms with Gasteiger partial charge >= 0.3 is 5.97 Å². The minimum Gasteiger partial charge on any atom is -0.463 e. The number of carbonyl (C=O) groups is 1. The average Bonchev–Trinajstić information content (AvgIpc) is 1.56. The van der Waals surface area contributed by atoms with Gasteiger partial charge in [-0.1, -0.05) is 0 Å². The van der Waals surface area contributed by atoms with Crippen molar-refractivity contribution >= 4 is 36.6 Å². The van der Waals surface area contributed by atoms with E-state index in [0.717, 1.165) is 0 Å². The first-order valence-corrected chi connectivity index (χ1v) is 5.58. The molecule has 11 heavy (non-hydrogen) atoms. The first-order chi connectivity index (χ1) is 4.86. The summed E-state index contributed by atoms with van der Waals surface area (Å²) >= 11 is 0. The number of hydrogen-bond donors (Lipinski definition) is 0. The Labute approximate surface area is 77.5 Å². The lowest BCUT2D eigenvalue weighted by Gasteiger charge is -2.01. The smallest absolute Gasteiger partial charge is 0.302 e. The molecule has 68 valence electrons. The van der Waals surface area contributed by atoms with Gasteiger partial charge in [0.25, 0.3) is 0 Å². The third-order valence-corrected chi connectivity index (χ3v) is 0.402. The molecule has 3 nitrogen and oxygen atoms in total. The zero-order valence-corrected chi connectivity index (χ0v) is 8.79. The van der Waals surface area contributed by atoms with E-state index in [4.69, 9.17) is 4.21 Å². The lowest BCUT2D eigenvalue weighted by molar-refractivity contribution is -0.144. The highest BCUT2D eigenvalue weighted by molar-refractivity contribution is 8.26. The van der Waals surface area contributed by atoms with Gasteiger partial charge in [0, 0.05) is 28.3 Å². The van der Waals surface area contributed by atoms with E-state index < -0.39 is 9.23 Å². The summed E-state index contributed by atoms with van der Waals surface area (Å²) in [6.45, 7) is 5.04. The maximum atomic E-state index is 10.0. The van der Waals surface area contributed by atoms with E-state index in [1.165, 1.54) is 6.92 Å². The molecule has 0 aliphatic carbocycles. The van der Waals surface area contributed by atoms with Gasteiger partial charge < -0.3 is 4.74 Å². The summed E-state index contributed by atoms with van der Waals surface area (Å²) in [4.78, 5) is 10.0. The van der Waals surface area contributed by atoms with E-state index in [-0.39, 0.29) is 12.1 Å². The number of rotatable bonds is 1. The van der Waals surface area contributed by atoms with E-state index >= 15 is 0 Å². The summed E-state index contributed by atoms with van der Waals surface area (Å²) in [6.07, 6.45) is 0.0255. The summed E-state index contributed by atoms with van der Waals surface area (Å²) in [5, 5.41) is 0. The topological polar surface area (TPSA) is 43.4 Å². The normalized spacial score (nSPS) is 9.00. The molecule has 0 spiro atoms. The van der Waals surface area contributed by atoms with E-state index in [0.29, 0.717) is 0 Å². The summed E-state index contributed by atoms with van der Waals surface area (Å²) < 4.78 is 13.7. The van der Waals surface area contributed by atoms with Crippen molar-refractivity contribution in [3.05, 3.63) is 0 Å². The monoisotopic (exact) mass is 220 g/mol. The molecule has 0 saturated heterocycles. The van der Waals surface area contributed by atoms with Crippen molar-refractivity contribution in [2.75, 3.05) is 0 Å². The van der Waals surface area contributed by atoms with Crippen molar-refractivity contribution in [1.29, 1.82) is 0 Å². The van der Waals surface area contributed by atoms with Crippen molar-refractivity contribution in [3.8, 4) is 0 Å². The second-order valence-electron chi connectivity index (χ2n) is 1.84. The summed E-state index contributed by atoms with van der Waals surface area (Å²) in [5.41, 5.74) is 0. The van der Waals surface area contributed by atoms with Crippen LogP contribution in [0.3, 0.4) is 0 Å². The molecule has 0 bridgehead atoms. The van der Waals surface area contributed by atoms with Crippen LogP contribution in [0.4, 0.5) is 0 Å². The molecule has 0 atom stereocenters. The van der Waals surface area contributed by atoms with Crippen LogP contribution in [0.5, 0.6) is 0 Å². The third kappa shape index (κ3) is 38.9.